The molecule has 1 heterocycles. The van der Waals surface area contributed by atoms with Crippen molar-refractivity contribution in [2.45, 2.75) is 26.7 Å². The highest BCUT2D eigenvalue weighted by Gasteiger charge is 2.36. The van der Waals surface area contributed by atoms with Crippen molar-refractivity contribution in [1.82, 2.24) is 5.32 Å². The van der Waals surface area contributed by atoms with Crippen molar-refractivity contribution in [2.24, 2.45) is 0 Å². The maximum Gasteiger partial charge on any atom is 0.335 e. The molecule has 6 nitrogen and oxygen atoms in total. The van der Waals surface area contributed by atoms with Crippen molar-refractivity contribution in [3.05, 3.63) is 98.5 Å². The van der Waals surface area contributed by atoms with E-state index in [-0.39, 0.29) is 5.57 Å². The molecule has 1 N–H and O–H groups in total. The Hall–Kier alpha value is -3.61. The summed E-state index contributed by atoms with van der Waals surface area (Å²) in [5, 5.41) is 3.26. The molecular weight excluding hydrogens is 499 g/mol. The third-order valence-electron chi connectivity index (χ3n) is 5.82. The molecule has 0 bridgehead atoms. The molecule has 0 unspecified atom stereocenters. The van der Waals surface area contributed by atoms with Gasteiger partial charge in [0.15, 0.2) is 0 Å². The summed E-state index contributed by atoms with van der Waals surface area (Å²) in [6.07, 6.45) is 2.67. The number of imide groups is 2. The van der Waals surface area contributed by atoms with E-state index in [9.17, 15) is 14.4 Å². The number of benzene rings is 3. The molecule has 0 aromatic heterocycles. The Morgan fingerprint density at radius 3 is 2.33 bits per heavy atom. The Morgan fingerprint density at radius 1 is 0.944 bits per heavy atom. The highest BCUT2D eigenvalue weighted by Crippen LogP contribution is 2.34. The van der Waals surface area contributed by atoms with Gasteiger partial charge in [0.05, 0.1) is 12.3 Å². The van der Waals surface area contributed by atoms with E-state index in [1.54, 1.807) is 30.3 Å². The Bertz CT molecular complexity index is 1370. The lowest BCUT2D eigenvalue weighted by molar-refractivity contribution is -0.122. The van der Waals surface area contributed by atoms with Gasteiger partial charge in [0, 0.05) is 22.0 Å². The highest BCUT2D eigenvalue weighted by atomic mass is 35.5. The number of anilines is 1. The first-order valence-corrected chi connectivity index (χ1v) is 12.3. The number of carbonyl (C=O) groups excluding carboxylic acids is 3. The SMILES string of the molecule is CCOc1cc(/C=C2\C(=O)NC(=O)N(c3ccc(CC)cc3)C2=O)cc(Cl)c1Cc1ccccc1Cl. The number of amides is 4. The monoisotopic (exact) mass is 522 g/mol. The minimum absolute atomic E-state index is 0.188. The maximum absolute atomic E-state index is 13.2. The van der Waals surface area contributed by atoms with Crippen LogP contribution < -0.4 is 15.0 Å². The molecule has 4 rings (SSSR count). The first kappa shape index (κ1) is 25.5. The number of hydrogen-bond donors (Lipinski definition) is 1. The van der Waals surface area contributed by atoms with Gasteiger partial charge >= 0.3 is 6.03 Å². The van der Waals surface area contributed by atoms with E-state index in [0.717, 1.165) is 28.0 Å². The van der Waals surface area contributed by atoms with Crippen LogP contribution in [-0.2, 0) is 22.4 Å². The zero-order valence-corrected chi connectivity index (χ0v) is 21.3. The van der Waals surface area contributed by atoms with Crippen molar-refractivity contribution < 1.29 is 19.1 Å². The third-order valence-corrected chi connectivity index (χ3v) is 6.52. The van der Waals surface area contributed by atoms with Crippen molar-refractivity contribution in [3.63, 3.8) is 0 Å². The smallest absolute Gasteiger partial charge is 0.335 e. The van der Waals surface area contributed by atoms with E-state index in [2.05, 4.69) is 5.32 Å². The number of nitrogens with zero attached hydrogens (tertiary/aromatic N) is 1. The summed E-state index contributed by atoms with van der Waals surface area (Å²) in [5.41, 5.74) is 3.35. The number of halogens is 2. The second-order valence-corrected chi connectivity index (χ2v) is 8.97. The van der Waals surface area contributed by atoms with E-state index in [1.165, 1.54) is 6.08 Å². The summed E-state index contributed by atoms with van der Waals surface area (Å²) in [7, 11) is 0. The van der Waals surface area contributed by atoms with E-state index in [0.29, 0.717) is 40.1 Å². The molecule has 3 aromatic rings. The molecule has 1 saturated heterocycles. The van der Waals surface area contributed by atoms with E-state index < -0.39 is 17.8 Å². The standard InChI is InChI=1S/C28H24Cl2N2O4/c1-3-17-9-11-20(12-10-17)32-27(34)22(26(33)31-28(32)35)13-18-14-24(30)21(25(15-18)36-4-2)16-19-7-5-6-8-23(19)29/h5-15H,3-4,16H2,1-2H3,(H,31,33,35)/b22-13+. The molecule has 4 amide bonds. The van der Waals surface area contributed by atoms with Gasteiger partial charge in [-0.2, -0.15) is 0 Å². The number of hydrogen-bond acceptors (Lipinski definition) is 4. The van der Waals surface area contributed by atoms with Crippen molar-refractivity contribution in [1.29, 1.82) is 0 Å². The van der Waals surface area contributed by atoms with Crippen LogP contribution in [0.4, 0.5) is 10.5 Å². The van der Waals surface area contributed by atoms with Crippen LogP contribution in [0.5, 0.6) is 5.75 Å². The maximum atomic E-state index is 13.2. The van der Waals surface area contributed by atoms with Crippen LogP contribution in [-0.4, -0.2) is 24.5 Å². The summed E-state index contributed by atoms with van der Waals surface area (Å²) in [5.74, 6) is -0.980. The summed E-state index contributed by atoms with van der Waals surface area (Å²) < 4.78 is 5.84. The Labute approximate surface area is 219 Å². The second kappa shape index (κ2) is 11.0. The van der Waals surface area contributed by atoms with Gasteiger partial charge in [0.2, 0.25) is 0 Å². The average Bonchev–Trinajstić information content (AvgIpc) is 2.85. The molecule has 36 heavy (non-hydrogen) atoms. The Kier molecular flexibility index (Phi) is 7.77. The molecule has 1 aliphatic rings. The van der Waals surface area contributed by atoms with Crippen LogP contribution >= 0.6 is 23.2 Å². The van der Waals surface area contributed by atoms with Gasteiger partial charge in [0.25, 0.3) is 11.8 Å². The normalized spacial score (nSPS) is 14.8. The fraction of sp³-hybridized carbons (Fsp3) is 0.179. The summed E-state index contributed by atoms with van der Waals surface area (Å²) in [4.78, 5) is 39.3. The fourth-order valence-corrected chi connectivity index (χ4v) is 4.43. The molecule has 0 atom stereocenters. The molecule has 184 valence electrons. The third kappa shape index (κ3) is 5.30. The van der Waals surface area contributed by atoms with Crippen molar-refractivity contribution >= 4 is 52.8 Å². The van der Waals surface area contributed by atoms with Crippen molar-refractivity contribution in [3.8, 4) is 5.75 Å². The van der Waals surface area contributed by atoms with Crippen molar-refractivity contribution in [2.75, 3.05) is 11.5 Å². The molecule has 0 spiro atoms. The first-order valence-electron chi connectivity index (χ1n) is 11.5. The summed E-state index contributed by atoms with van der Waals surface area (Å²) in [6.45, 7) is 4.25. The molecule has 1 fully saturated rings. The summed E-state index contributed by atoms with van der Waals surface area (Å²) in [6, 6.07) is 17.1. The quantitative estimate of drug-likeness (QED) is 0.295. The molecule has 0 aliphatic carbocycles. The molecule has 1 aliphatic heterocycles. The number of nitrogens with one attached hydrogen (secondary N) is 1. The lowest BCUT2D eigenvalue weighted by Gasteiger charge is -2.26. The zero-order chi connectivity index (χ0) is 25.8. The molecule has 8 heteroatoms. The Morgan fingerprint density at radius 2 is 1.67 bits per heavy atom. The number of rotatable bonds is 7. The van der Waals surface area contributed by atoms with Gasteiger partial charge in [0.1, 0.15) is 11.3 Å². The number of barbiturate groups is 1. The highest BCUT2D eigenvalue weighted by molar-refractivity contribution is 6.39. The van der Waals surface area contributed by atoms with Crippen LogP contribution in [0.15, 0.2) is 66.2 Å². The minimum atomic E-state index is -0.797. The molecule has 0 radical (unpaired) electrons. The number of carbonyl (C=O) groups is 3. The van der Waals surface area contributed by atoms with Gasteiger partial charge in [-0.3, -0.25) is 14.9 Å². The lowest BCUT2D eigenvalue weighted by Crippen LogP contribution is -2.54. The molecular formula is C28H24Cl2N2O4. The molecule has 0 saturated carbocycles. The fourth-order valence-electron chi connectivity index (χ4n) is 3.94. The number of ether oxygens (including phenoxy) is 1. The minimum Gasteiger partial charge on any atom is -0.494 e. The van der Waals surface area contributed by atoms with Gasteiger partial charge in [-0.1, -0.05) is 60.5 Å². The van der Waals surface area contributed by atoms with E-state index >= 15 is 0 Å². The van der Waals surface area contributed by atoms with Gasteiger partial charge in [-0.05, 0) is 66.4 Å². The molecule has 3 aromatic carbocycles. The zero-order valence-electron chi connectivity index (χ0n) is 19.8. The van der Waals surface area contributed by atoms with Gasteiger partial charge in [-0.15, -0.1) is 0 Å². The predicted molar refractivity (Wildman–Crippen MR) is 142 cm³/mol. The van der Waals surface area contributed by atoms with Gasteiger partial charge < -0.3 is 4.74 Å². The van der Waals surface area contributed by atoms with Gasteiger partial charge in [-0.25, -0.2) is 9.69 Å². The van der Waals surface area contributed by atoms with Crippen LogP contribution in [0.2, 0.25) is 10.0 Å². The van der Waals surface area contributed by atoms with Crippen LogP contribution in [0.3, 0.4) is 0 Å². The van der Waals surface area contributed by atoms with Crippen LogP contribution in [0, 0.1) is 0 Å². The largest absolute Gasteiger partial charge is 0.494 e. The number of aryl methyl sites for hydroxylation is 1. The topological polar surface area (TPSA) is 75.7 Å². The second-order valence-electron chi connectivity index (χ2n) is 8.16. The van der Waals surface area contributed by atoms with Crippen LogP contribution in [0.25, 0.3) is 6.08 Å². The average molecular weight is 523 g/mol. The van der Waals surface area contributed by atoms with Crippen LogP contribution in [0.1, 0.15) is 36.1 Å². The Balaban J connectivity index is 1.71. The van der Waals surface area contributed by atoms with E-state index in [1.807, 2.05) is 44.2 Å². The summed E-state index contributed by atoms with van der Waals surface area (Å²) >= 11 is 13.0. The lowest BCUT2D eigenvalue weighted by atomic mass is 10.00. The predicted octanol–water partition coefficient (Wildman–Crippen LogP) is 6.21. The first-order chi connectivity index (χ1) is 17.3. The van der Waals surface area contributed by atoms with E-state index in [4.69, 9.17) is 27.9 Å². The number of urea groups is 1.